The summed E-state index contributed by atoms with van der Waals surface area (Å²) in [7, 11) is 1.67. The van der Waals surface area contributed by atoms with Gasteiger partial charge in [-0.25, -0.2) is 14.5 Å². The van der Waals surface area contributed by atoms with Crippen molar-refractivity contribution >= 4 is 32.6 Å². The van der Waals surface area contributed by atoms with E-state index in [1.807, 2.05) is 42.5 Å². The average Bonchev–Trinajstić information content (AvgIpc) is 3.27. The average molecular weight is 448 g/mol. The third-order valence-electron chi connectivity index (χ3n) is 5.26. The maximum Gasteiger partial charge on any atom is 0.183 e. The third kappa shape index (κ3) is 2.73. The molecule has 7 heteroatoms. The number of ether oxygens (including phenoxy) is 1. The molecule has 0 fully saturated rings. The Balaban J connectivity index is 1.79. The van der Waals surface area contributed by atoms with Crippen LogP contribution in [0.1, 0.15) is 11.3 Å². The highest BCUT2D eigenvalue weighted by Crippen LogP contribution is 2.32. The van der Waals surface area contributed by atoms with E-state index in [1.54, 1.807) is 18.0 Å². The number of methoxy groups -OCH3 is 1. The van der Waals surface area contributed by atoms with Crippen LogP contribution in [-0.4, -0.2) is 31.3 Å². The maximum atomic E-state index is 5.40. The van der Waals surface area contributed by atoms with E-state index in [4.69, 9.17) is 14.7 Å². The fourth-order valence-electron chi connectivity index (χ4n) is 3.68. The molecule has 0 spiro atoms. The van der Waals surface area contributed by atoms with Crippen LogP contribution >= 0.6 is 15.9 Å². The van der Waals surface area contributed by atoms with Gasteiger partial charge >= 0.3 is 0 Å². The standard InChI is InChI=1S/C22H18BrN5O/c1-13-14(2)28(15-7-6-8-16(11-15)29-3)21-19(13)22-25-20(26-27(22)12-24-21)17-9-4-5-10-18(17)23/h4-12H,1-3H3. The zero-order valence-electron chi connectivity index (χ0n) is 16.2. The number of fused-ring (bicyclic) bond motifs is 3. The van der Waals surface area contributed by atoms with Crippen molar-refractivity contribution in [2.45, 2.75) is 13.8 Å². The van der Waals surface area contributed by atoms with Crippen LogP contribution in [0.2, 0.25) is 0 Å². The molecule has 5 rings (SSSR count). The molecule has 0 saturated carbocycles. The number of hydrogen-bond acceptors (Lipinski definition) is 4. The first kappa shape index (κ1) is 17.9. The predicted octanol–water partition coefficient (Wildman–Crippen LogP) is 5.12. The molecule has 0 bridgehead atoms. The summed E-state index contributed by atoms with van der Waals surface area (Å²) in [6, 6.07) is 15.9. The smallest absolute Gasteiger partial charge is 0.183 e. The summed E-state index contributed by atoms with van der Waals surface area (Å²) in [6.07, 6.45) is 1.72. The first-order valence-electron chi connectivity index (χ1n) is 9.21. The molecule has 0 N–H and O–H groups in total. The van der Waals surface area contributed by atoms with E-state index in [9.17, 15) is 0 Å². The van der Waals surface area contributed by atoms with Gasteiger partial charge in [-0.2, -0.15) is 0 Å². The largest absolute Gasteiger partial charge is 0.497 e. The predicted molar refractivity (Wildman–Crippen MR) is 117 cm³/mol. The molecule has 5 aromatic rings. The lowest BCUT2D eigenvalue weighted by Crippen LogP contribution is -1.99. The SMILES string of the molecule is COc1cccc(-n2c(C)c(C)c3c2ncn2nc(-c4ccccc4Br)nc32)c1. The van der Waals surface area contributed by atoms with E-state index in [0.717, 1.165) is 49.4 Å². The Morgan fingerprint density at radius 1 is 1.00 bits per heavy atom. The monoisotopic (exact) mass is 447 g/mol. The fraction of sp³-hybridized carbons (Fsp3) is 0.136. The molecule has 3 aromatic heterocycles. The molecule has 0 unspecified atom stereocenters. The number of hydrogen-bond donors (Lipinski definition) is 0. The third-order valence-corrected chi connectivity index (χ3v) is 5.95. The molecule has 0 amide bonds. The van der Waals surface area contributed by atoms with Gasteiger partial charge in [0, 0.05) is 21.8 Å². The molecule has 6 nitrogen and oxygen atoms in total. The van der Waals surface area contributed by atoms with Crippen LogP contribution in [0.15, 0.2) is 59.3 Å². The Kier molecular flexibility index (Phi) is 4.13. The van der Waals surface area contributed by atoms with Crippen molar-refractivity contribution < 1.29 is 4.74 Å². The topological polar surface area (TPSA) is 57.2 Å². The summed E-state index contributed by atoms with van der Waals surface area (Å²) in [5.74, 6) is 1.47. The van der Waals surface area contributed by atoms with Crippen molar-refractivity contribution in [2.75, 3.05) is 7.11 Å². The molecule has 29 heavy (non-hydrogen) atoms. The Hall–Kier alpha value is -3.19. The van der Waals surface area contributed by atoms with Gasteiger partial charge in [0.25, 0.3) is 0 Å². The molecule has 0 aliphatic rings. The van der Waals surface area contributed by atoms with Crippen LogP contribution in [0.5, 0.6) is 5.75 Å². The minimum atomic E-state index is 0.665. The molecule has 144 valence electrons. The fourth-order valence-corrected chi connectivity index (χ4v) is 4.14. The first-order chi connectivity index (χ1) is 14.1. The quantitative estimate of drug-likeness (QED) is 0.384. The highest BCUT2D eigenvalue weighted by Gasteiger charge is 2.20. The van der Waals surface area contributed by atoms with Crippen LogP contribution < -0.4 is 4.74 Å². The Morgan fingerprint density at radius 3 is 2.62 bits per heavy atom. The van der Waals surface area contributed by atoms with E-state index >= 15 is 0 Å². The molecule has 2 aromatic carbocycles. The number of benzene rings is 2. The van der Waals surface area contributed by atoms with Crippen molar-refractivity contribution in [3.63, 3.8) is 0 Å². The van der Waals surface area contributed by atoms with Gasteiger partial charge in [0.2, 0.25) is 0 Å². The van der Waals surface area contributed by atoms with Gasteiger partial charge in [0.15, 0.2) is 17.1 Å². The molecule has 0 aliphatic carbocycles. The summed E-state index contributed by atoms with van der Waals surface area (Å²) in [4.78, 5) is 9.58. The lowest BCUT2D eigenvalue weighted by atomic mass is 10.2. The van der Waals surface area contributed by atoms with Gasteiger partial charge in [0.1, 0.15) is 12.1 Å². The van der Waals surface area contributed by atoms with Crippen LogP contribution in [0.4, 0.5) is 0 Å². The van der Waals surface area contributed by atoms with Crippen molar-refractivity contribution in [2.24, 2.45) is 0 Å². The van der Waals surface area contributed by atoms with Gasteiger partial charge in [-0.05, 0) is 43.7 Å². The Morgan fingerprint density at radius 2 is 1.83 bits per heavy atom. The summed E-state index contributed by atoms with van der Waals surface area (Å²) in [5, 5.41) is 5.66. The van der Waals surface area contributed by atoms with Gasteiger partial charge < -0.3 is 4.74 Å². The van der Waals surface area contributed by atoms with E-state index in [-0.39, 0.29) is 0 Å². The highest BCUT2D eigenvalue weighted by atomic mass is 79.9. The van der Waals surface area contributed by atoms with Crippen LogP contribution in [0.25, 0.3) is 33.8 Å². The molecule has 0 aliphatic heterocycles. The zero-order chi connectivity index (χ0) is 20.1. The summed E-state index contributed by atoms with van der Waals surface area (Å²) >= 11 is 3.59. The number of nitrogens with zero attached hydrogens (tertiary/aromatic N) is 5. The van der Waals surface area contributed by atoms with Crippen molar-refractivity contribution in [1.82, 2.24) is 24.1 Å². The van der Waals surface area contributed by atoms with E-state index in [2.05, 4.69) is 45.5 Å². The van der Waals surface area contributed by atoms with Crippen LogP contribution in [0, 0.1) is 13.8 Å². The summed E-state index contributed by atoms with van der Waals surface area (Å²) < 4.78 is 10.3. The summed E-state index contributed by atoms with van der Waals surface area (Å²) in [6.45, 7) is 4.20. The van der Waals surface area contributed by atoms with E-state index in [1.165, 1.54) is 0 Å². The minimum absolute atomic E-state index is 0.665. The van der Waals surface area contributed by atoms with Crippen molar-refractivity contribution in [3.8, 4) is 22.8 Å². The Bertz CT molecular complexity index is 1390. The molecular weight excluding hydrogens is 430 g/mol. The maximum absolute atomic E-state index is 5.40. The van der Waals surface area contributed by atoms with Gasteiger partial charge in [-0.1, -0.05) is 34.1 Å². The lowest BCUT2D eigenvalue weighted by molar-refractivity contribution is 0.414. The van der Waals surface area contributed by atoms with E-state index < -0.39 is 0 Å². The number of aromatic nitrogens is 5. The molecule has 0 saturated heterocycles. The zero-order valence-corrected chi connectivity index (χ0v) is 17.8. The normalized spacial score (nSPS) is 11.4. The van der Waals surface area contributed by atoms with E-state index in [0.29, 0.717) is 5.82 Å². The first-order valence-corrected chi connectivity index (χ1v) is 10.00. The number of aryl methyl sites for hydroxylation is 1. The molecule has 0 atom stereocenters. The second-order valence-corrected chi connectivity index (χ2v) is 7.73. The van der Waals surface area contributed by atoms with Gasteiger partial charge in [0.05, 0.1) is 18.2 Å². The second-order valence-electron chi connectivity index (χ2n) is 6.87. The molecular formula is C22H18BrN5O. The lowest BCUT2D eigenvalue weighted by Gasteiger charge is -2.09. The van der Waals surface area contributed by atoms with Crippen LogP contribution in [0.3, 0.4) is 0 Å². The summed E-state index contributed by atoms with van der Waals surface area (Å²) in [5.41, 5.74) is 5.84. The molecule has 3 heterocycles. The van der Waals surface area contributed by atoms with Crippen molar-refractivity contribution in [3.05, 3.63) is 70.6 Å². The second kappa shape index (κ2) is 6.70. The van der Waals surface area contributed by atoms with Gasteiger partial charge in [-0.3, -0.25) is 4.57 Å². The van der Waals surface area contributed by atoms with Crippen molar-refractivity contribution in [1.29, 1.82) is 0 Å². The minimum Gasteiger partial charge on any atom is -0.497 e. The number of rotatable bonds is 3. The van der Waals surface area contributed by atoms with Gasteiger partial charge in [-0.15, -0.1) is 5.10 Å². The van der Waals surface area contributed by atoms with Crippen LogP contribution in [-0.2, 0) is 0 Å². The number of halogens is 1. The molecule has 0 radical (unpaired) electrons. The Labute approximate surface area is 175 Å². The highest BCUT2D eigenvalue weighted by molar-refractivity contribution is 9.10.